The van der Waals surface area contributed by atoms with Crippen molar-refractivity contribution in [2.24, 2.45) is 11.8 Å². The van der Waals surface area contributed by atoms with Crippen molar-refractivity contribution in [2.75, 3.05) is 6.61 Å². The Labute approximate surface area is 125 Å². The molecule has 0 saturated heterocycles. The molecular weight excluding hydrogens is 248 g/mol. The first-order valence-corrected chi connectivity index (χ1v) is 8.10. The van der Waals surface area contributed by atoms with E-state index in [0.29, 0.717) is 12.5 Å². The highest BCUT2D eigenvalue weighted by Gasteiger charge is 2.14. The van der Waals surface area contributed by atoms with Gasteiger partial charge in [-0.1, -0.05) is 58.4 Å². The largest absolute Gasteiger partial charge is 0.465 e. The molecule has 0 heterocycles. The number of hydrogen-bond donors (Lipinski definition) is 0. The third-order valence-electron chi connectivity index (χ3n) is 3.25. The van der Waals surface area contributed by atoms with Crippen molar-refractivity contribution in [3.63, 3.8) is 0 Å². The quantitative estimate of drug-likeness (QED) is 0.292. The summed E-state index contributed by atoms with van der Waals surface area (Å²) in [7, 11) is 0. The third-order valence-corrected chi connectivity index (χ3v) is 3.25. The maximum atomic E-state index is 11.8. The zero-order valence-electron chi connectivity index (χ0n) is 13.7. The zero-order valence-corrected chi connectivity index (χ0v) is 13.7. The predicted octanol–water partition coefficient (Wildman–Crippen LogP) is 5.29. The number of allylic oxidation sites excluding steroid dienone is 3. The van der Waals surface area contributed by atoms with E-state index in [0.717, 1.165) is 38.5 Å². The minimum atomic E-state index is -0.0501. The fourth-order valence-corrected chi connectivity index (χ4v) is 1.89. The molecule has 0 N–H and O–H groups in total. The molecule has 0 fully saturated rings. The van der Waals surface area contributed by atoms with E-state index in [1.54, 1.807) is 0 Å². The Bertz CT molecular complexity index is 292. The summed E-state index contributed by atoms with van der Waals surface area (Å²) >= 11 is 0. The average molecular weight is 280 g/mol. The molecule has 20 heavy (non-hydrogen) atoms. The number of esters is 1. The smallest absolute Gasteiger partial charge is 0.308 e. The Hall–Kier alpha value is -1.05. The van der Waals surface area contributed by atoms with Crippen molar-refractivity contribution >= 4 is 5.97 Å². The number of hydrogen-bond acceptors (Lipinski definition) is 2. The Balaban J connectivity index is 3.70. The maximum Gasteiger partial charge on any atom is 0.308 e. The summed E-state index contributed by atoms with van der Waals surface area (Å²) in [5.74, 6) is 0.281. The normalized spacial score (nSPS) is 14.8. The van der Waals surface area contributed by atoms with Crippen molar-refractivity contribution < 1.29 is 9.53 Å². The lowest BCUT2D eigenvalue weighted by atomic mass is 10.0. The van der Waals surface area contributed by atoms with Crippen LogP contribution >= 0.6 is 0 Å². The molecule has 0 aromatic heterocycles. The van der Waals surface area contributed by atoms with Crippen molar-refractivity contribution in [1.82, 2.24) is 0 Å². The van der Waals surface area contributed by atoms with Crippen LogP contribution in [0, 0.1) is 11.8 Å². The topological polar surface area (TPSA) is 26.3 Å². The number of carbonyl (C=O) groups is 1. The summed E-state index contributed by atoms with van der Waals surface area (Å²) in [6, 6.07) is 0. The van der Waals surface area contributed by atoms with Gasteiger partial charge in [0.05, 0.1) is 12.5 Å². The van der Waals surface area contributed by atoms with E-state index in [4.69, 9.17) is 4.74 Å². The summed E-state index contributed by atoms with van der Waals surface area (Å²) < 4.78 is 5.35. The van der Waals surface area contributed by atoms with E-state index in [2.05, 4.69) is 45.1 Å². The fraction of sp³-hybridized carbons (Fsp3) is 0.722. The van der Waals surface area contributed by atoms with E-state index in [9.17, 15) is 4.79 Å². The van der Waals surface area contributed by atoms with Crippen LogP contribution in [0.1, 0.15) is 66.2 Å². The van der Waals surface area contributed by atoms with Crippen molar-refractivity contribution in [2.45, 2.75) is 66.2 Å². The van der Waals surface area contributed by atoms with E-state index in [-0.39, 0.29) is 11.9 Å². The summed E-state index contributed by atoms with van der Waals surface area (Å²) in [5.41, 5.74) is 0. The van der Waals surface area contributed by atoms with Gasteiger partial charge in [-0.2, -0.15) is 0 Å². The molecule has 0 aliphatic heterocycles. The van der Waals surface area contributed by atoms with E-state index in [1.165, 1.54) is 0 Å². The first-order valence-electron chi connectivity index (χ1n) is 8.10. The average Bonchev–Trinajstić information content (AvgIpc) is 2.45. The minimum absolute atomic E-state index is 0.0208. The molecule has 0 aliphatic rings. The molecule has 116 valence electrons. The monoisotopic (exact) mass is 280 g/mol. The van der Waals surface area contributed by atoms with Gasteiger partial charge in [0.25, 0.3) is 0 Å². The lowest BCUT2D eigenvalue weighted by Crippen LogP contribution is -2.17. The summed E-state index contributed by atoms with van der Waals surface area (Å²) in [5, 5.41) is 0. The SMILES string of the molecule is CCC=CCCCCC(C)C(=O)OCC(C)/C=C\CC. The predicted molar refractivity (Wildman–Crippen MR) is 86.6 cm³/mol. The van der Waals surface area contributed by atoms with Crippen LogP contribution in [-0.2, 0) is 9.53 Å². The Morgan fingerprint density at radius 2 is 1.75 bits per heavy atom. The van der Waals surface area contributed by atoms with Crippen LogP contribution in [0.15, 0.2) is 24.3 Å². The van der Waals surface area contributed by atoms with Crippen LogP contribution in [0.25, 0.3) is 0 Å². The van der Waals surface area contributed by atoms with Gasteiger partial charge in [0, 0.05) is 5.92 Å². The van der Waals surface area contributed by atoms with Crippen molar-refractivity contribution in [3.05, 3.63) is 24.3 Å². The summed E-state index contributed by atoms with van der Waals surface area (Å²) in [6.45, 7) is 8.79. The lowest BCUT2D eigenvalue weighted by molar-refractivity contribution is -0.149. The highest BCUT2D eigenvalue weighted by molar-refractivity contribution is 5.71. The first kappa shape index (κ1) is 18.9. The summed E-state index contributed by atoms with van der Waals surface area (Å²) in [6.07, 6.45) is 15.1. The Morgan fingerprint density at radius 3 is 2.40 bits per heavy atom. The highest BCUT2D eigenvalue weighted by atomic mass is 16.5. The van der Waals surface area contributed by atoms with E-state index in [1.807, 2.05) is 6.92 Å². The van der Waals surface area contributed by atoms with Crippen molar-refractivity contribution in [1.29, 1.82) is 0 Å². The van der Waals surface area contributed by atoms with Crippen LogP contribution in [0.2, 0.25) is 0 Å². The Morgan fingerprint density at radius 1 is 1.05 bits per heavy atom. The van der Waals surface area contributed by atoms with Gasteiger partial charge >= 0.3 is 5.97 Å². The first-order chi connectivity index (χ1) is 9.61. The molecule has 2 unspecified atom stereocenters. The van der Waals surface area contributed by atoms with Crippen LogP contribution in [-0.4, -0.2) is 12.6 Å². The second kappa shape index (κ2) is 13.0. The second-order valence-electron chi connectivity index (χ2n) is 5.51. The third kappa shape index (κ3) is 10.8. The maximum absolute atomic E-state index is 11.8. The van der Waals surface area contributed by atoms with Gasteiger partial charge in [-0.15, -0.1) is 0 Å². The van der Waals surface area contributed by atoms with Crippen LogP contribution in [0.4, 0.5) is 0 Å². The minimum Gasteiger partial charge on any atom is -0.465 e. The standard InChI is InChI=1S/C18H32O2/c1-5-7-9-10-11-12-14-17(4)18(19)20-15-16(3)13-8-6-2/h7-9,13,16-17H,5-6,10-12,14-15H2,1-4H3/b9-7?,13-8-. The molecule has 2 heteroatoms. The molecule has 2 atom stereocenters. The fourth-order valence-electron chi connectivity index (χ4n) is 1.89. The van der Waals surface area contributed by atoms with Crippen molar-refractivity contribution in [3.8, 4) is 0 Å². The molecule has 0 aromatic carbocycles. The Kier molecular flexibility index (Phi) is 12.3. The number of ether oxygens (including phenoxy) is 1. The highest BCUT2D eigenvalue weighted by Crippen LogP contribution is 2.12. The van der Waals surface area contributed by atoms with Gasteiger partial charge in [-0.3, -0.25) is 4.79 Å². The van der Waals surface area contributed by atoms with Crippen LogP contribution in [0.5, 0.6) is 0 Å². The molecule has 0 rings (SSSR count). The molecular formula is C18H32O2. The van der Waals surface area contributed by atoms with Crippen LogP contribution < -0.4 is 0 Å². The second-order valence-corrected chi connectivity index (χ2v) is 5.51. The molecule has 2 nitrogen and oxygen atoms in total. The van der Waals surface area contributed by atoms with Gasteiger partial charge in [0.1, 0.15) is 0 Å². The molecule has 0 bridgehead atoms. The summed E-state index contributed by atoms with van der Waals surface area (Å²) in [4.78, 5) is 11.8. The van der Waals surface area contributed by atoms with Gasteiger partial charge < -0.3 is 4.74 Å². The number of rotatable bonds is 11. The molecule has 0 spiro atoms. The number of unbranched alkanes of at least 4 members (excludes halogenated alkanes) is 2. The van der Waals surface area contributed by atoms with Gasteiger partial charge in [0.2, 0.25) is 0 Å². The lowest BCUT2D eigenvalue weighted by Gasteiger charge is -2.13. The molecule has 0 saturated carbocycles. The molecule has 0 amide bonds. The van der Waals surface area contributed by atoms with Gasteiger partial charge in [-0.25, -0.2) is 0 Å². The zero-order chi connectivity index (χ0) is 15.2. The van der Waals surface area contributed by atoms with Gasteiger partial charge in [0.15, 0.2) is 0 Å². The molecule has 0 aromatic rings. The van der Waals surface area contributed by atoms with E-state index >= 15 is 0 Å². The van der Waals surface area contributed by atoms with E-state index < -0.39 is 0 Å². The van der Waals surface area contributed by atoms with Crippen LogP contribution in [0.3, 0.4) is 0 Å². The number of carbonyl (C=O) groups excluding carboxylic acids is 1. The van der Waals surface area contributed by atoms with Gasteiger partial charge in [-0.05, 0) is 32.1 Å². The molecule has 0 aliphatic carbocycles. The molecule has 0 radical (unpaired) electrons.